The molecule has 0 saturated carbocycles. The lowest BCUT2D eigenvalue weighted by Gasteiger charge is -2.15. The van der Waals surface area contributed by atoms with Crippen molar-refractivity contribution in [3.05, 3.63) is 0 Å². The Kier molecular flexibility index (Phi) is 4.57. The Labute approximate surface area is 67.8 Å². The maximum Gasteiger partial charge on any atom is 0.313 e. The van der Waals surface area contributed by atoms with E-state index in [4.69, 9.17) is 4.89 Å². The van der Waals surface area contributed by atoms with Crippen LogP contribution in [0.3, 0.4) is 0 Å². The molecular weight excluding hydrogens is 167 g/mol. The van der Waals surface area contributed by atoms with E-state index in [1.807, 2.05) is 0 Å². The lowest BCUT2D eigenvalue weighted by Crippen LogP contribution is -2.23. The van der Waals surface area contributed by atoms with Gasteiger partial charge in [0.05, 0.1) is 5.41 Å². The molecule has 0 saturated heterocycles. The van der Waals surface area contributed by atoms with Gasteiger partial charge in [-0.2, -0.15) is 0 Å². The third-order valence-corrected chi connectivity index (χ3v) is 1.17. The highest BCUT2D eigenvalue weighted by Gasteiger charge is 2.22. The smallest absolute Gasteiger partial charge is 0.313 e. The summed E-state index contributed by atoms with van der Waals surface area (Å²) in [5.41, 5.74) is -0.512. The Morgan fingerprint density at radius 3 is 2.45 bits per heavy atom. The predicted octanol–water partition coefficient (Wildman–Crippen LogP) is 1.05. The number of hydrogen-bond acceptors (Lipinski definition) is 4. The maximum absolute atomic E-state index is 11.0. The fourth-order valence-corrected chi connectivity index (χ4v) is 0.437. The summed E-state index contributed by atoms with van der Waals surface area (Å²) in [5.74, 6) is -0.337. The minimum atomic E-state index is -0.636. The molecule has 0 fully saturated rings. The van der Waals surface area contributed by atoms with Crippen LogP contribution in [0, 0.1) is 5.41 Å². The van der Waals surface area contributed by atoms with Crippen LogP contribution in [0.5, 0.6) is 0 Å². The number of esters is 1. The molecule has 1 N–H and O–H groups in total. The van der Waals surface area contributed by atoms with E-state index in [1.165, 1.54) is 0 Å². The standard InChI is InChI=1S/C6H13O4P/c1-6(2,3)5(7)9-4-10-11-8/h8,11H,4H2,1-3H3. The van der Waals surface area contributed by atoms with Crippen LogP contribution >= 0.6 is 9.03 Å². The monoisotopic (exact) mass is 180 g/mol. The summed E-state index contributed by atoms with van der Waals surface area (Å²) < 4.78 is 9.07. The number of hydrogen-bond donors (Lipinski definition) is 1. The molecule has 0 bridgehead atoms. The van der Waals surface area contributed by atoms with E-state index in [1.54, 1.807) is 20.8 Å². The molecule has 0 aliphatic heterocycles. The first-order valence-electron chi connectivity index (χ1n) is 3.16. The molecule has 11 heavy (non-hydrogen) atoms. The molecule has 1 unspecified atom stereocenters. The van der Waals surface area contributed by atoms with E-state index < -0.39 is 14.4 Å². The fourth-order valence-electron chi connectivity index (χ4n) is 0.326. The molecule has 0 aliphatic rings. The zero-order valence-corrected chi connectivity index (χ0v) is 7.88. The highest BCUT2D eigenvalue weighted by molar-refractivity contribution is 7.24. The average molecular weight is 180 g/mol. The van der Waals surface area contributed by atoms with Crippen molar-refractivity contribution in [1.82, 2.24) is 0 Å². The molecule has 0 aliphatic carbocycles. The van der Waals surface area contributed by atoms with Gasteiger partial charge in [0.1, 0.15) is 0 Å². The van der Waals surface area contributed by atoms with E-state index in [9.17, 15) is 4.79 Å². The average Bonchev–Trinajstić information content (AvgIpc) is 1.86. The number of carbonyl (C=O) groups excluding carboxylic acids is 1. The van der Waals surface area contributed by atoms with Gasteiger partial charge >= 0.3 is 5.97 Å². The van der Waals surface area contributed by atoms with Crippen LogP contribution in [-0.2, 0) is 14.1 Å². The molecule has 1 atom stereocenters. The molecule has 4 nitrogen and oxygen atoms in total. The second-order valence-electron chi connectivity index (χ2n) is 3.04. The molecule has 0 radical (unpaired) electrons. The molecule has 0 aromatic rings. The minimum Gasteiger partial charge on any atom is -0.438 e. The van der Waals surface area contributed by atoms with Gasteiger partial charge in [-0.1, -0.05) is 0 Å². The van der Waals surface area contributed by atoms with Crippen molar-refractivity contribution >= 4 is 15.0 Å². The summed E-state index contributed by atoms with van der Waals surface area (Å²) >= 11 is 0. The van der Waals surface area contributed by atoms with Crippen molar-refractivity contribution in [3.8, 4) is 0 Å². The lowest BCUT2D eigenvalue weighted by molar-refractivity contribution is -0.159. The van der Waals surface area contributed by atoms with Crippen LogP contribution in [0.15, 0.2) is 0 Å². The zero-order valence-electron chi connectivity index (χ0n) is 6.88. The van der Waals surface area contributed by atoms with Gasteiger partial charge < -0.3 is 9.63 Å². The largest absolute Gasteiger partial charge is 0.438 e. The molecule has 0 rings (SSSR count). The molecule has 0 aromatic heterocycles. The fraction of sp³-hybridized carbons (Fsp3) is 0.833. The lowest BCUT2D eigenvalue weighted by atomic mass is 9.98. The van der Waals surface area contributed by atoms with Crippen molar-refractivity contribution in [2.45, 2.75) is 20.8 Å². The summed E-state index contributed by atoms with van der Waals surface area (Å²) in [5, 5.41) is 0. The van der Waals surface area contributed by atoms with Gasteiger partial charge in [-0.05, 0) is 20.8 Å². The molecule has 0 amide bonds. The van der Waals surface area contributed by atoms with E-state index >= 15 is 0 Å². The van der Waals surface area contributed by atoms with E-state index in [0.717, 1.165) is 0 Å². The first kappa shape index (κ1) is 10.8. The molecule has 0 spiro atoms. The topological polar surface area (TPSA) is 55.8 Å². The molecule has 5 heteroatoms. The summed E-state index contributed by atoms with van der Waals surface area (Å²) in [6.07, 6.45) is 0. The number of rotatable bonds is 3. The Bertz CT molecular complexity index is 129. The van der Waals surface area contributed by atoms with Crippen LogP contribution in [0.2, 0.25) is 0 Å². The predicted molar refractivity (Wildman–Crippen MR) is 42.0 cm³/mol. The Hall–Kier alpha value is -0.180. The van der Waals surface area contributed by atoms with Crippen LogP contribution in [0.4, 0.5) is 0 Å². The zero-order chi connectivity index (χ0) is 8.91. The van der Waals surface area contributed by atoms with Crippen LogP contribution < -0.4 is 0 Å². The maximum atomic E-state index is 11.0. The van der Waals surface area contributed by atoms with Crippen molar-refractivity contribution in [3.63, 3.8) is 0 Å². The second-order valence-corrected chi connectivity index (χ2v) is 3.51. The van der Waals surface area contributed by atoms with Crippen molar-refractivity contribution < 1.29 is 18.9 Å². The summed E-state index contributed by atoms with van der Waals surface area (Å²) in [7, 11) is -0.636. The molecule has 0 aromatic carbocycles. The van der Waals surface area contributed by atoms with Gasteiger partial charge in [0.2, 0.25) is 0 Å². The number of carbonyl (C=O) groups is 1. The quantitative estimate of drug-likeness (QED) is 0.305. The highest BCUT2D eigenvalue weighted by Crippen LogP contribution is 2.15. The van der Waals surface area contributed by atoms with Gasteiger partial charge in [-0.3, -0.25) is 9.32 Å². The van der Waals surface area contributed by atoms with E-state index in [-0.39, 0.29) is 12.8 Å². The number of ether oxygens (including phenoxy) is 1. The van der Waals surface area contributed by atoms with E-state index in [0.29, 0.717) is 0 Å². The van der Waals surface area contributed by atoms with Crippen molar-refractivity contribution in [2.75, 3.05) is 6.79 Å². The first-order valence-corrected chi connectivity index (χ1v) is 4.02. The van der Waals surface area contributed by atoms with Crippen molar-refractivity contribution in [2.24, 2.45) is 5.41 Å². The van der Waals surface area contributed by atoms with E-state index in [2.05, 4.69) is 9.26 Å². The van der Waals surface area contributed by atoms with Gasteiger partial charge in [-0.25, -0.2) is 0 Å². The Balaban J connectivity index is 3.54. The Morgan fingerprint density at radius 1 is 1.55 bits per heavy atom. The highest BCUT2D eigenvalue weighted by atomic mass is 31.1. The first-order chi connectivity index (χ1) is 4.98. The molecule has 66 valence electrons. The Morgan fingerprint density at radius 2 is 2.09 bits per heavy atom. The third kappa shape index (κ3) is 5.13. The second kappa shape index (κ2) is 4.65. The van der Waals surface area contributed by atoms with Crippen molar-refractivity contribution in [1.29, 1.82) is 0 Å². The summed E-state index contributed by atoms with van der Waals surface area (Å²) in [6, 6.07) is 0. The summed E-state index contributed by atoms with van der Waals surface area (Å²) in [4.78, 5) is 19.2. The SMILES string of the molecule is CC(C)(C)C(=O)OCOPO. The van der Waals surface area contributed by atoms with Gasteiger partial charge in [0, 0.05) is 0 Å². The third-order valence-electron chi connectivity index (χ3n) is 0.926. The van der Waals surface area contributed by atoms with Crippen LogP contribution in [-0.4, -0.2) is 17.7 Å². The minimum absolute atomic E-state index is 0.176. The van der Waals surface area contributed by atoms with Crippen LogP contribution in [0.1, 0.15) is 20.8 Å². The normalized spacial score (nSPS) is 12.4. The van der Waals surface area contributed by atoms with Gasteiger partial charge in [0.25, 0.3) is 0 Å². The van der Waals surface area contributed by atoms with Crippen LogP contribution in [0.25, 0.3) is 0 Å². The summed E-state index contributed by atoms with van der Waals surface area (Å²) in [6.45, 7) is 5.06. The van der Waals surface area contributed by atoms with Gasteiger partial charge in [0.15, 0.2) is 15.8 Å². The molecular formula is C6H13O4P. The molecule has 0 heterocycles. The van der Waals surface area contributed by atoms with Gasteiger partial charge in [-0.15, -0.1) is 0 Å².